The zero-order chi connectivity index (χ0) is 11.4. The zero-order valence-corrected chi connectivity index (χ0v) is 9.03. The summed E-state index contributed by atoms with van der Waals surface area (Å²) in [6, 6.07) is -1.42. The molecule has 6 heteroatoms. The van der Waals surface area contributed by atoms with Crippen LogP contribution in [0.25, 0.3) is 0 Å². The Morgan fingerprint density at radius 2 is 2.40 bits per heavy atom. The Morgan fingerprint density at radius 1 is 1.80 bits per heavy atom. The van der Waals surface area contributed by atoms with Gasteiger partial charge in [0.15, 0.2) is 0 Å². The molecule has 2 aliphatic rings. The van der Waals surface area contributed by atoms with Crippen molar-refractivity contribution in [2.45, 2.75) is 29.1 Å². The summed E-state index contributed by atoms with van der Waals surface area (Å²) in [5, 5.41) is 8.89. The first kappa shape index (κ1) is 10.5. The summed E-state index contributed by atoms with van der Waals surface area (Å²) in [6.07, 6.45) is 1.58. The normalized spacial score (nSPS) is 43.5. The number of nitrogens with two attached hydrogens (primary N) is 1. The lowest BCUT2D eigenvalue weighted by Gasteiger charge is -2.41. The number of hydrogen-bond acceptors (Lipinski definition) is 4. The first-order chi connectivity index (χ1) is 6.92. The molecule has 2 rings (SSSR count). The highest BCUT2D eigenvalue weighted by molar-refractivity contribution is 8.02. The fourth-order valence-electron chi connectivity index (χ4n) is 2.04. The van der Waals surface area contributed by atoms with Crippen LogP contribution in [0.15, 0.2) is 12.7 Å². The first-order valence-corrected chi connectivity index (χ1v) is 5.42. The van der Waals surface area contributed by atoms with Crippen LogP contribution in [0.3, 0.4) is 0 Å². The van der Waals surface area contributed by atoms with Crippen LogP contribution < -0.4 is 5.73 Å². The number of rotatable bonds is 2. The zero-order valence-electron chi connectivity index (χ0n) is 8.21. The van der Waals surface area contributed by atoms with Gasteiger partial charge in [0.2, 0.25) is 5.91 Å². The standard InChI is InChI=1S/C9H12N2O3S/c1-3-9(2)5(8(13)14)11-6(12)4(10)7(11)15-9/h3-5,7H,1,10H2,2H3,(H,13,14)/t4-,5+,7+,9-/m1/s1. The third-order valence-corrected chi connectivity index (χ3v) is 4.62. The second-order valence-electron chi connectivity index (χ2n) is 3.91. The van der Waals surface area contributed by atoms with Crippen LogP contribution in [0.5, 0.6) is 0 Å². The number of carboxylic acids is 1. The van der Waals surface area contributed by atoms with Crippen molar-refractivity contribution in [2.24, 2.45) is 5.73 Å². The molecule has 0 radical (unpaired) electrons. The van der Waals surface area contributed by atoms with Crippen LogP contribution in [0, 0.1) is 0 Å². The van der Waals surface area contributed by atoms with Gasteiger partial charge in [-0.05, 0) is 6.92 Å². The molecule has 4 atom stereocenters. The lowest BCUT2D eigenvalue weighted by molar-refractivity contribution is -0.158. The molecule has 0 aromatic heterocycles. The number of carbonyl (C=O) groups excluding carboxylic acids is 1. The summed E-state index contributed by atoms with van der Waals surface area (Å²) in [5.74, 6) is -1.29. The summed E-state index contributed by atoms with van der Waals surface area (Å²) in [4.78, 5) is 23.9. The van der Waals surface area contributed by atoms with Crippen molar-refractivity contribution in [3.05, 3.63) is 12.7 Å². The number of β-lactam (4-membered cyclic amide) rings is 1. The van der Waals surface area contributed by atoms with Gasteiger partial charge in [-0.3, -0.25) is 4.79 Å². The Kier molecular flexibility index (Phi) is 2.09. The molecule has 2 fully saturated rings. The van der Waals surface area contributed by atoms with Gasteiger partial charge >= 0.3 is 5.97 Å². The maximum absolute atomic E-state index is 11.5. The van der Waals surface area contributed by atoms with Gasteiger partial charge < -0.3 is 15.7 Å². The van der Waals surface area contributed by atoms with E-state index in [1.165, 1.54) is 16.7 Å². The number of hydrogen-bond donors (Lipinski definition) is 2. The van der Waals surface area contributed by atoms with E-state index in [1.807, 2.05) is 0 Å². The highest BCUT2D eigenvalue weighted by Crippen LogP contribution is 2.50. The largest absolute Gasteiger partial charge is 0.480 e. The minimum absolute atomic E-state index is 0.221. The van der Waals surface area contributed by atoms with Crippen molar-refractivity contribution >= 4 is 23.6 Å². The SMILES string of the molecule is C=C[C@@]1(C)S[C@H]2[C@H](N)C(=O)N2[C@H]1C(=O)O. The predicted molar refractivity (Wildman–Crippen MR) is 56.2 cm³/mol. The van der Waals surface area contributed by atoms with Crippen molar-refractivity contribution in [1.82, 2.24) is 4.90 Å². The lowest BCUT2D eigenvalue weighted by atomic mass is 9.95. The van der Waals surface area contributed by atoms with Gasteiger partial charge in [-0.25, -0.2) is 4.79 Å². The number of nitrogens with zero attached hydrogens (tertiary/aromatic N) is 1. The Hall–Kier alpha value is -1.01. The number of aliphatic carboxylic acids is 1. The van der Waals surface area contributed by atoms with E-state index in [1.54, 1.807) is 13.0 Å². The molecule has 3 N–H and O–H groups in total. The van der Waals surface area contributed by atoms with E-state index in [-0.39, 0.29) is 11.3 Å². The Balaban J connectivity index is 2.37. The highest BCUT2D eigenvalue weighted by atomic mass is 32.2. The Morgan fingerprint density at radius 3 is 2.87 bits per heavy atom. The molecule has 0 aromatic carbocycles. The summed E-state index contributed by atoms with van der Waals surface area (Å²) in [7, 11) is 0. The van der Waals surface area contributed by atoms with Crippen LogP contribution in [0.2, 0.25) is 0 Å². The van der Waals surface area contributed by atoms with Gasteiger partial charge in [-0.2, -0.15) is 0 Å². The van der Waals surface area contributed by atoms with Gasteiger partial charge in [-0.1, -0.05) is 6.08 Å². The quantitative estimate of drug-likeness (QED) is 0.497. The van der Waals surface area contributed by atoms with Crippen LogP contribution in [0.4, 0.5) is 0 Å². The van der Waals surface area contributed by atoms with Crippen LogP contribution in [0.1, 0.15) is 6.92 Å². The summed E-state index contributed by atoms with van der Waals surface area (Å²) < 4.78 is -0.652. The predicted octanol–water partition coefficient (Wildman–Crippen LogP) is -0.373. The van der Waals surface area contributed by atoms with E-state index in [0.717, 1.165) is 0 Å². The molecular formula is C9H12N2O3S. The number of amides is 1. The second-order valence-corrected chi connectivity index (χ2v) is 5.51. The van der Waals surface area contributed by atoms with Crippen LogP contribution in [-0.4, -0.2) is 44.1 Å². The van der Waals surface area contributed by atoms with E-state index in [0.29, 0.717) is 0 Å². The monoisotopic (exact) mass is 228 g/mol. The summed E-state index contributed by atoms with van der Waals surface area (Å²) in [6.45, 7) is 5.40. The molecule has 0 saturated carbocycles. The van der Waals surface area contributed by atoms with Crippen LogP contribution in [-0.2, 0) is 9.59 Å². The van der Waals surface area contributed by atoms with E-state index in [2.05, 4.69) is 6.58 Å². The lowest BCUT2D eigenvalue weighted by Crippen LogP contribution is -2.68. The molecule has 0 spiro atoms. The van der Waals surface area contributed by atoms with Crippen molar-refractivity contribution in [2.75, 3.05) is 0 Å². The molecule has 82 valence electrons. The minimum atomic E-state index is -1.01. The molecule has 0 aliphatic carbocycles. The van der Waals surface area contributed by atoms with Crippen molar-refractivity contribution in [3.8, 4) is 0 Å². The second kappa shape index (κ2) is 2.99. The number of carboxylic acid groups (broad SMARTS) is 1. The first-order valence-electron chi connectivity index (χ1n) is 4.54. The van der Waals surface area contributed by atoms with Crippen molar-refractivity contribution in [3.63, 3.8) is 0 Å². The van der Waals surface area contributed by atoms with Gasteiger partial charge in [0.05, 0.1) is 4.75 Å². The number of fused-ring (bicyclic) bond motifs is 1. The van der Waals surface area contributed by atoms with Gasteiger partial charge in [0, 0.05) is 0 Å². The van der Waals surface area contributed by atoms with Gasteiger partial charge in [-0.15, -0.1) is 18.3 Å². The summed E-state index contributed by atoms with van der Waals surface area (Å²) in [5.41, 5.74) is 5.61. The minimum Gasteiger partial charge on any atom is -0.480 e. The number of thioether (sulfide) groups is 1. The molecule has 2 aliphatic heterocycles. The van der Waals surface area contributed by atoms with Gasteiger partial charge in [0.25, 0.3) is 0 Å². The smallest absolute Gasteiger partial charge is 0.328 e. The molecule has 2 saturated heterocycles. The number of carbonyl (C=O) groups is 2. The molecule has 5 nitrogen and oxygen atoms in total. The Labute approximate surface area is 91.3 Å². The fourth-order valence-corrected chi connectivity index (χ4v) is 3.60. The Bertz CT molecular complexity index is 359. The average Bonchev–Trinajstić information content (AvgIpc) is 2.49. The van der Waals surface area contributed by atoms with Crippen molar-refractivity contribution < 1.29 is 14.7 Å². The topological polar surface area (TPSA) is 83.6 Å². The van der Waals surface area contributed by atoms with E-state index in [9.17, 15) is 9.59 Å². The molecular weight excluding hydrogens is 216 g/mol. The van der Waals surface area contributed by atoms with E-state index in [4.69, 9.17) is 10.8 Å². The molecule has 1 amide bonds. The third-order valence-electron chi connectivity index (χ3n) is 2.96. The fraction of sp³-hybridized carbons (Fsp3) is 0.556. The molecule has 15 heavy (non-hydrogen) atoms. The summed E-state index contributed by atoms with van der Waals surface area (Å²) >= 11 is 1.39. The third kappa shape index (κ3) is 1.15. The maximum Gasteiger partial charge on any atom is 0.328 e. The molecule has 0 aromatic rings. The van der Waals surface area contributed by atoms with E-state index >= 15 is 0 Å². The van der Waals surface area contributed by atoms with Crippen molar-refractivity contribution in [1.29, 1.82) is 0 Å². The molecule has 2 heterocycles. The molecule has 0 unspecified atom stereocenters. The maximum atomic E-state index is 11.5. The van der Waals surface area contributed by atoms with Crippen LogP contribution >= 0.6 is 11.8 Å². The van der Waals surface area contributed by atoms with E-state index < -0.39 is 22.8 Å². The van der Waals surface area contributed by atoms with Gasteiger partial charge in [0.1, 0.15) is 17.5 Å². The average molecular weight is 228 g/mol. The highest BCUT2D eigenvalue weighted by Gasteiger charge is 2.63. The molecule has 0 bridgehead atoms.